The second-order valence-corrected chi connectivity index (χ2v) is 8.35. The Hall–Kier alpha value is -2.02. The molecule has 2 heterocycles. The number of amides is 2. The first-order valence-corrected chi connectivity index (χ1v) is 11.2. The van der Waals surface area contributed by atoms with Crippen LogP contribution in [0.25, 0.3) is 0 Å². The summed E-state index contributed by atoms with van der Waals surface area (Å²) < 4.78 is 0. The van der Waals surface area contributed by atoms with Gasteiger partial charge in [-0.25, -0.2) is 0 Å². The smallest absolute Gasteiger partial charge is 0.229 e. The number of nitrogens with one attached hydrogen (secondary N) is 1. The van der Waals surface area contributed by atoms with Gasteiger partial charge in [0.05, 0.1) is 6.54 Å². The second-order valence-electron chi connectivity index (χ2n) is 7.25. The molecule has 0 radical (unpaired) electrons. The molecule has 2 fully saturated rings. The van der Waals surface area contributed by atoms with Gasteiger partial charge in [0.2, 0.25) is 11.8 Å². The molecule has 0 aliphatic carbocycles. The number of carbonyl (C=O) groups is 2. The summed E-state index contributed by atoms with van der Waals surface area (Å²) in [4.78, 5) is 33.5. The van der Waals surface area contributed by atoms with Crippen molar-refractivity contribution in [2.45, 2.75) is 37.5 Å². The summed E-state index contributed by atoms with van der Waals surface area (Å²) in [5, 5.41) is 3.36. The Balaban J connectivity index is 1.49. The van der Waals surface area contributed by atoms with Gasteiger partial charge < -0.3 is 10.2 Å². The van der Waals surface area contributed by atoms with E-state index in [-0.39, 0.29) is 11.8 Å². The Morgan fingerprint density at radius 2 is 1.96 bits per heavy atom. The minimum Gasteiger partial charge on any atom is -0.357 e. The number of nitrogens with zero attached hydrogens (tertiary/aromatic N) is 3. The zero-order valence-corrected chi connectivity index (χ0v) is 17.4. The molecule has 0 aromatic heterocycles. The lowest BCUT2D eigenvalue weighted by atomic mass is 10.1. The van der Waals surface area contributed by atoms with Crippen molar-refractivity contribution in [3.05, 3.63) is 30.3 Å². The van der Waals surface area contributed by atoms with Crippen molar-refractivity contribution in [1.82, 2.24) is 15.1 Å². The number of hydrogen-bond acceptors (Lipinski definition) is 4. The Bertz CT molecular complexity index is 679. The first-order valence-electron chi connectivity index (χ1n) is 10.2. The number of imide groups is 1. The molecule has 152 valence electrons. The van der Waals surface area contributed by atoms with Crippen LogP contribution in [0.5, 0.6) is 0 Å². The van der Waals surface area contributed by atoms with Gasteiger partial charge in [0.15, 0.2) is 5.96 Å². The highest BCUT2D eigenvalue weighted by molar-refractivity contribution is 7.99. The fraction of sp³-hybridized carbons (Fsp3) is 0.571. The Kier molecular flexibility index (Phi) is 7.77. The monoisotopic (exact) mass is 402 g/mol. The molecule has 0 bridgehead atoms. The molecule has 1 aromatic carbocycles. The van der Waals surface area contributed by atoms with E-state index in [1.807, 2.05) is 17.8 Å². The maximum Gasteiger partial charge on any atom is 0.229 e. The van der Waals surface area contributed by atoms with E-state index in [0.29, 0.717) is 38.3 Å². The highest BCUT2D eigenvalue weighted by Gasteiger charge is 2.27. The number of carbonyl (C=O) groups excluding carboxylic acids is 2. The minimum atomic E-state index is -0.0596. The topological polar surface area (TPSA) is 65.0 Å². The number of rotatable bonds is 7. The zero-order valence-electron chi connectivity index (χ0n) is 16.6. The first kappa shape index (κ1) is 20.7. The SMILES string of the molecule is CCNC(=NCCN1C(=O)CCCC1=O)N1CCC(CSc2ccccc2)C1. The van der Waals surface area contributed by atoms with Crippen LogP contribution in [-0.2, 0) is 9.59 Å². The van der Waals surface area contributed by atoms with Crippen LogP contribution < -0.4 is 5.32 Å². The molecular formula is C21H30N4O2S. The molecule has 3 rings (SSSR count). The van der Waals surface area contributed by atoms with Crippen LogP contribution in [-0.4, -0.2) is 66.1 Å². The number of piperidine rings is 1. The molecular weight excluding hydrogens is 372 g/mol. The van der Waals surface area contributed by atoms with Gasteiger partial charge in [0.25, 0.3) is 0 Å². The summed E-state index contributed by atoms with van der Waals surface area (Å²) in [6, 6.07) is 10.5. The third-order valence-corrected chi connectivity index (χ3v) is 6.36. The molecule has 7 heteroatoms. The molecule has 2 aliphatic rings. The normalized spacial score (nSPS) is 20.8. The highest BCUT2D eigenvalue weighted by atomic mass is 32.2. The first-order chi connectivity index (χ1) is 13.7. The van der Waals surface area contributed by atoms with Crippen molar-refractivity contribution < 1.29 is 9.59 Å². The van der Waals surface area contributed by atoms with Crippen LogP contribution in [0.15, 0.2) is 40.2 Å². The maximum atomic E-state index is 11.9. The van der Waals surface area contributed by atoms with Crippen molar-refractivity contribution in [3.8, 4) is 0 Å². The number of thioether (sulfide) groups is 1. The lowest BCUT2D eigenvalue weighted by Crippen LogP contribution is -2.43. The molecule has 1 N–H and O–H groups in total. The molecule has 2 saturated heterocycles. The predicted octanol–water partition coefficient (Wildman–Crippen LogP) is 2.61. The third-order valence-electron chi connectivity index (χ3n) is 5.12. The fourth-order valence-electron chi connectivity index (χ4n) is 3.62. The van der Waals surface area contributed by atoms with Crippen LogP contribution in [0.4, 0.5) is 0 Å². The van der Waals surface area contributed by atoms with Gasteiger partial charge in [0, 0.05) is 49.7 Å². The van der Waals surface area contributed by atoms with E-state index in [9.17, 15) is 9.59 Å². The van der Waals surface area contributed by atoms with Crippen LogP contribution in [0.2, 0.25) is 0 Å². The van der Waals surface area contributed by atoms with E-state index < -0.39 is 0 Å². The standard InChI is InChI=1S/C21H30N4O2S/c1-2-22-21(23-12-14-25-19(26)9-6-10-20(25)27)24-13-11-17(15-24)16-28-18-7-4-3-5-8-18/h3-5,7-8,17H,2,6,9-16H2,1H3,(H,22,23). The van der Waals surface area contributed by atoms with E-state index >= 15 is 0 Å². The average molecular weight is 403 g/mol. The molecule has 1 atom stereocenters. The van der Waals surface area contributed by atoms with Gasteiger partial charge in [0.1, 0.15) is 0 Å². The van der Waals surface area contributed by atoms with Gasteiger partial charge in [-0.3, -0.25) is 19.5 Å². The average Bonchev–Trinajstić information content (AvgIpc) is 3.17. The zero-order chi connectivity index (χ0) is 19.8. The van der Waals surface area contributed by atoms with E-state index in [1.54, 1.807) is 0 Å². The van der Waals surface area contributed by atoms with Gasteiger partial charge >= 0.3 is 0 Å². The summed E-state index contributed by atoms with van der Waals surface area (Å²) in [5.74, 6) is 2.52. The van der Waals surface area contributed by atoms with Crippen LogP contribution >= 0.6 is 11.8 Å². The molecule has 0 spiro atoms. The van der Waals surface area contributed by atoms with Crippen LogP contribution in [0.3, 0.4) is 0 Å². The molecule has 2 aliphatic heterocycles. The number of likely N-dealkylation sites (tertiary alicyclic amines) is 2. The van der Waals surface area contributed by atoms with Gasteiger partial charge in [-0.2, -0.15) is 0 Å². The van der Waals surface area contributed by atoms with Crippen LogP contribution in [0.1, 0.15) is 32.6 Å². The van der Waals surface area contributed by atoms with Crippen molar-refractivity contribution >= 4 is 29.5 Å². The predicted molar refractivity (Wildman–Crippen MR) is 113 cm³/mol. The maximum absolute atomic E-state index is 11.9. The lowest BCUT2D eigenvalue weighted by molar-refractivity contribution is -0.147. The largest absolute Gasteiger partial charge is 0.357 e. The molecule has 1 unspecified atom stereocenters. The summed E-state index contributed by atoms with van der Waals surface area (Å²) in [5.41, 5.74) is 0. The van der Waals surface area contributed by atoms with E-state index in [2.05, 4.69) is 46.4 Å². The molecule has 1 aromatic rings. The van der Waals surface area contributed by atoms with E-state index in [1.165, 1.54) is 9.80 Å². The fourth-order valence-corrected chi connectivity index (χ4v) is 4.67. The summed E-state index contributed by atoms with van der Waals surface area (Å²) in [7, 11) is 0. The van der Waals surface area contributed by atoms with Gasteiger partial charge in [-0.15, -0.1) is 11.8 Å². The van der Waals surface area contributed by atoms with E-state index in [4.69, 9.17) is 0 Å². The quantitative estimate of drug-likeness (QED) is 0.329. The number of guanidine groups is 1. The van der Waals surface area contributed by atoms with Gasteiger partial charge in [-0.1, -0.05) is 18.2 Å². The summed E-state index contributed by atoms with van der Waals surface area (Å²) >= 11 is 1.91. The second kappa shape index (κ2) is 10.5. The highest BCUT2D eigenvalue weighted by Crippen LogP contribution is 2.25. The van der Waals surface area contributed by atoms with Crippen molar-refractivity contribution in [2.24, 2.45) is 10.9 Å². The minimum absolute atomic E-state index is 0.0596. The molecule has 0 saturated carbocycles. The third kappa shape index (κ3) is 5.74. The molecule has 28 heavy (non-hydrogen) atoms. The van der Waals surface area contributed by atoms with Crippen molar-refractivity contribution in [2.75, 3.05) is 38.5 Å². The summed E-state index contributed by atoms with van der Waals surface area (Å²) in [6.07, 6.45) is 2.79. The summed E-state index contributed by atoms with van der Waals surface area (Å²) in [6.45, 7) is 5.69. The Labute approximate surface area is 171 Å². The Morgan fingerprint density at radius 1 is 1.21 bits per heavy atom. The van der Waals surface area contributed by atoms with Crippen molar-refractivity contribution in [1.29, 1.82) is 0 Å². The number of hydrogen-bond donors (Lipinski definition) is 1. The Morgan fingerprint density at radius 3 is 2.68 bits per heavy atom. The molecule has 2 amide bonds. The lowest BCUT2D eigenvalue weighted by Gasteiger charge is -2.25. The van der Waals surface area contributed by atoms with Crippen LogP contribution in [0, 0.1) is 5.92 Å². The number of aliphatic imine (C=N–C) groups is 1. The van der Waals surface area contributed by atoms with E-state index in [0.717, 1.165) is 37.8 Å². The molecule has 6 nitrogen and oxygen atoms in total. The van der Waals surface area contributed by atoms with Gasteiger partial charge in [-0.05, 0) is 37.8 Å². The van der Waals surface area contributed by atoms with Crippen molar-refractivity contribution in [3.63, 3.8) is 0 Å². The number of benzene rings is 1.